The third-order valence-electron chi connectivity index (χ3n) is 3.59. The summed E-state index contributed by atoms with van der Waals surface area (Å²) in [6.45, 7) is -0.198. The summed E-state index contributed by atoms with van der Waals surface area (Å²) in [5, 5.41) is 7.89. The molecule has 1 aliphatic rings. The first-order chi connectivity index (χ1) is 10.6. The Morgan fingerprint density at radius 2 is 1.73 bits per heavy atom. The molecule has 2 aromatic carbocycles. The zero-order valence-electron chi connectivity index (χ0n) is 11.2. The summed E-state index contributed by atoms with van der Waals surface area (Å²) in [6.07, 6.45) is 0. The SMILES string of the molecule is O=C1c2ccccc2S(=O)(=O)N1Cn1nnc2ccccc21. The molecule has 0 unspecified atom stereocenters. The highest BCUT2D eigenvalue weighted by atomic mass is 32.2. The molecule has 0 aliphatic carbocycles. The van der Waals surface area contributed by atoms with E-state index >= 15 is 0 Å². The third kappa shape index (κ3) is 1.67. The van der Waals surface area contributed by atoms with E-state index < -0.39 is 15.9 Å². The molecule has 1 amide bonds. The standard InChI is InChI=1S/C14H10N4O3S/c19-14-10-5-1-4-8-13(10)22(20,21)18(14)9-17-12-7-3-2-6-11(12)15-16-17/h1-8H,9H2. The number of para-hydroxylation sites is 1. The van der Waals surface area contributed by atoms with Gasteiger partial charge < -0.3 is 0 Å². The Morgan fingerprint density at radius 1 is 1.00 bits per heavy atom. The van der Waals surface area contributed by atoms with Crippen LogP contribution < -0.4 is 0 Å². The van der Waals surface area contributed by atoms with Crippen LogP contribution in [0, 0.1) is 0 Å². The molecule has 8 heteroatoms. The van der Waals surface area contributed by atoms with Crippen LogP contribution in [0.1, 0.15) is 10.4 Å². The Hall–Kier alpha value is -2.74. The van der Waals surface area contributed by atoms with Crippen molar-refractivity contribution in [3.8, 4) is 0 Å². The van der Waals surface area contributed by atoms with Gasteiger partial charge in [0.25, 0.3) is 15.9 Å². The van der Waals surface area contributed by atoms with E-state index in [0.717, 1.165) is 4.31 Å². The van der Waals surface area contributed by atoms with Gasteiger partial charge in [-0.1, -0.05) is 29.5 Å². The minimum Gasteiger partial charge on any atom is -0.268 e. The van der Waals surface area contributed by atoms with Crippen molar-refractivity contribution < 1.29 is 13.2 Å². The van der Waals surface area contributed by atoms with Crippen molar-refractivity contribution in [1.82, 2.24) is 19.3 Å². The summed E-state index contributed by atoms with van der Waals surface area (Å²) < 4.78 is 27.2. The van der Waals surface area contributed by atoms with Gasteiger partial charge in [0.15, 0.2) is 0 Å². The molecule has 110 valence electrons. The molecule has 7 nitrogen and oxygen atoms in total. The van der Waals surface area contributed by atoms with Crippen LogP contribution in [-0.2, 0) is 16.7 Å². The molecule has 0 N–H and O–H groups in total. The zero-order chi connectivity index (χ0) is 15.3. The number of amides is 1. The highest BCUT2D eigenvalue weighted by Gasteiger charge is 2.41. The summed E-state index contributed by atoms with van der Waals surface area (Å²) in [5.41, 5.74) is 1.50. The van der Waals surface area contributed by atoms with E-state index in [1.807, 2.05) is 6.07 Å². The predicted molar refractivity (Wildman–Crippen MR) is 77.3 cm³/mol. The lowest BCUT2D eigenvalue weighted by Gasteiger charge is -2.14. The number of hydrogen-bond donors (Lipinski definition) is 0. The van der Waals surface area contributed by atoms with Crippen LogP contribution in [-0.4, -0.2) is 33.6 Å². The van der Waals surface area contributed by atoms with Crippen LogP contribution in [0.5, 0.6) is 0 Å². The van der Waals surface area contributed by atoms with Crippen LogP contribution in [0.15, 0.2) is 53.4 Å². The van der Waals surface area contributed by atoms with Crippen molar-refractivity contribution in [2.75, 3.05) is 0 Å². The summed E-state index contributed by atoms with van der Waals surface area (Å²) in [5.74, 6) is -0.546. The second-order valence-electron chi connectivity index (χ2n) is 4.87. The quantitative estimate of drug-likeness (QED) is 0.710. The van der Waals surface area contributed by atoms with Gasteiger partial charge in [-0.05, 0) is 24.3 Å². The number of fused-ring (bicyclic) bond motifs is 2. The molecule has 2 heterocycles. The molecule has 0 saturated heterocycles. The highest BCUT2D eigenvalue weighted by Crippen LogP contribution is 2.30. The van der Waals surface area contributed by atoms with E-state index in [2.05, 4.69) is 10.3 Å². The average Bonchev–Trinajstić information content (AvgIpc) is 3.02. The van der Waals surface area contributed by atoms with Crippen LogP contribution in [0.3, 0.4) is 0 Å². The molecule has 3 aromatic rings. The summed E-state index contributed by atoms with van der Waals surface area (Å²) in [4.78, 5) is 12.4. The summed E-state index contributed by atoms with van der Waals surface area (Å²) >= 11 is 0. The zero-order valence-corrected chi connectivity index (χ0v) is 12.1. The second-order valence-corrected chi connectivity index (χ2v) is 6.70. The predicted octanol–water partition coefficient (Wildman–Crippen LogP) is 1.23. The molecule has 0 bridgehead atoms. The molecule has 0 spiro atoms. The van der Waals surface area contributed by atoms with Crippen LogP contribution in [0.2, 0.25) is 0 Å². The fraction of sp³-hybridized carbons (Fsp3) is 0.0714. The average molecular weight is 314 g/mol. The number of rotatable bonds is 2. The van der Waals surface area contributed by atoms with Crippen LogP contribution in [0.25, 0.3) is 11.0 Å². The second kappa shape index (κ2) is 4.38. The van der Waals surface area contributed by atoms with Crippen molar-refractivity contribution in [2.24, 2.45) is 0 Å². The molecule has 22 heavy (non-hydrogen) atoms. The Labute approximate surface area is 125 Å². The van der Waals surface area contributed by atoms with Gasteiger partial charge >= 0.3 is 0 Å². The molecule has 0 radical (unpaired) electrons. The maximum absolute atomic E-state index is 12.5. The van der Waals surface area contributed by atoms with E-state index in [-0.39, 0.29) is 17.1 Å². The Morgan fingerprint density at radius 3 is 2.55 bits per heavy atom. The third-order valence-corrected chi connectivity index (χ3v) is 5.37. The smallest absolute Gasteiger partial charge is 0.268 e. The van der Waals surface area contributed by atoms with Gasteiger partial charge in [0.1, 0.15) is 17.1 Å². The number of sulfonamides is 1. The Bertz CT molecular complexity index is 1010. The van der Waals surface area contributed by atoms with Crippen molar-refractivity contribution in [3.05, 3.63) is 54.1 Å². The fourth-order valence-electron chi connectivity index (χ4n) is 2.51. The van der Waals surface area contributed by atoms with E-state index in [4.69, 9.17) is 0 Å². The van der Waals surface area contributed by atoms with Crippen molar-refractivity contribution in [2.45, 2.75) is 11.6 Å². The molecule has 1 aromatic heterocycles. The van der Waals surface area contributed by atoms with Gasteiger partial charge in [0.05, 0.1) is 11.1 Å². The van der Waals surface area contributed by atoms with Gasteiger partial charge in [-0.25, -0.2) is 17.4 Å². The largest absolute Gasteiger partial charge is 0.270 e. The minimum atomic E-state index is -3.85. The molecular weight excluding hydrogens is 304 g/mol. The van der Waals surface area contributed by atoms with E-state index in [9.17, 15) is 13.2 Å². The number of carbonyl (C=O) groups excluding carboxylic acids is 1. The topological polar surface area (TPSA) is 85.2 Å². The van der Waals surface area contributed by atoms with Gasteiger partial charge in [-0.2, -0.15) is 0 Å². The number of carbonyl (C=O) groups is 1. The maximum Gasteiger partial charge on any atom is 0.270 e. The number of benzene rings is 2. The van der Waals surface area contributed by atoms with Crippen molar-refractivity contribution >= 4 is 27.0 Å². The van der Waals surface area contributed by atoms with Crippen molar-refractivity contribution in [1.29, 1.82) is 0 Å². The Kier molecular flexibility index (Phi) is 2.58. The van der Waals surface area contributed by atoms with Gasteiger partial charge in [-0.3, -0.25) is 4.79 Å². The van der Waals surface area contributed by atoms with Crippen LogP contribution >= 0.6 is 0 Å². The number of hydrogen-bond acceptors (Lipinski definition) is 5. The lowest BCUT2D eigenvalue weighted by atomic mass is 10.2. The first kappa shape index (κ1) is 13.0. The first-order valence-electron chi connectivity index (χ1n) is 6.53. The van der Waals surface area contributed by atoms with Crippen LogP contribution in [0.4, 0.5) is 0 Å². The Balaban J connectivity index is 1.80. The molecule has 0 atom stereocenters. The maximum atomic E-state index is 12.5. The van der Waals surface area contributed by atoms with E-state index in [1.54, 1.807) is 30.3 Å². The normalized spacial score (nSPS) is 16.2. The minimum absolute atomic E-state index is 0.0319. The number of aromatic nitrogens is 3. The number of nitrogens with zero attached hydrogens (tertiary/aromatic N) is 4. The monoisotopic (exact) mass is 314 g/mol. The van der Waals surface area contributed by atoms with Gasteiger partial charge in [0, 0.05) is 0 Å². The summed E-state index contributed by atoms with van der Waals surface area (Å²) in [7, 11) is -3.85. The molecule has 4 rings (SSSR count). The fourth-order valence-corrected chi connectivity index (χ4v) is 4.01. The van der Waals surface area contributed by atoms with Gasteiger partial charge in [-0.15, -0.1) is 5.10 Å². The molecule has 0 fully saturated rings. The van der Waals surface area contributed by atoms with E-state index in [0.29, 0.717) is 11.0 Å². The molecule has 0 saturated carbocycles. The lowest BCUT2D eigenvalue weighted by molar-refractivity contribution is 0.0841. The lowest BCUT2D eigenvalue weighted by Crippen LogP contribution is -2.32. The summed E-state index contributed by atoms with van der Waals surface area (Å²) in [6, 6.07) is 13.3. The highest BCUT2D eigenvalue weighted by molar-refractivity contribution is 7.90. The van der Waals surface area contributed by atoms with Gasteiger partial charge in [0.2, 0.25) is 0 Å². The van der Waals surface area contributed by atoms with Crippen molar-refractivity contribution in [3.63, 3.8) is 0 Å². The van der Waals surface area contributed by atoms with E-state index in [1.165, 1.54) is 16.8 Å². The molecular formula is C14H10N4O3S. The first-order valence-corrected chi connectivity index (χ1v) is 7.97. The molecule has 1 aliphatic heterocycles.